The normalized spacial score (nSPS) is 22.1. The smallest absolute Gasteiger partial charge is 0.303 e. The molecule has 1 heterocycles. The summed E-state index contributed by atoms with van der Waals surface area (Å²) in [5.41, 5.74) is 1.29. The lowest BCUT2D eigenvalue weighted by Gasteiger charge is -2.44. The molecule has 2 aromatic rings. The summed E-state index contributed by atoms with van der Waals surface area (Å²) < 4.78 is 27.9. The molecule has 11 nitrogen and oxygen atoms in total. The molecule has 1 saturated heterocycles. The van der Waals surface area contributed by atoms with Crippen molar-refractivity contribution >= 4 is 35.7 Å². The van der Waals surface area contributed by atoms with Gasteiger partial charge in [-0.25, -0.2) is 0 Å². The molecule has 212 valence electrons. The van der Waals surface area contributed by atoms with E-state index in [1.165, 1.54) is 32.1 Å². The Morgan fingerprint density at radius 2 is 1.45 bits per heavy atom. The van der Waals surface area contributed by atoms with Gasteiger partial charge >= 0.3 is 17.9 Å². The lowest BCUT2D eigenvalue weighted by molar-refractivity contribution is -0.257. The highest BCUT2D eigenvalue weighted by atomic mass is 16.7. The van der Waals surface area contributed by atoms with Gasteiger partial charge in [-0.05, 0) is 35.9 Å². The maximum absolute atomic E-state index is 12.6. The first-order chi connectivity index (χ1) is 19.0. The van der Waals surface area contributed by atoms with E-state index in [1.807, 2.05) is 30.3 Å². The Morgan fingerprint density at radius 1 is 0.825 bits per heavy atom. The van der Waals surface area contributed by atoms with Gasteiger partial charge in [0.05, 0.1) is 0 Å². The molecule has 0 saturated carbocycles. The number of nitrogens with one attached hydrogen (secondary N) is 1. The van der Waals surface area contributed by atoms with Gasteiger partial charge in [0.15, 0.2) is 18.0 Å². The highest BCUT2D eigenvalue weighted by Gasteiger charge is 2.51. The zero-order chi connectivity index (χ0) is 29.2. The van der Waals surface area contributed by atoms with E-state index in [2.05, 4.69) is 5.32 Å². The molecule has 0 aromatic heterocycles. The molecule has 1 fully saturated rings. The number of ether oxygens (including phenoxy) is 5. The minimum atomic E-state index is -1.26. The van der Waals surface area contributed by atoms with Gasteiger partial charge in [0, 0.05) is 33.3 Å². The second kappa shape index (κ2) is 14.0. The molecule has 1 amide bonds. The Balaban J connectivity index is 1.86. The second-order valence-electron chi connectivity index (χ2n) is 8.97. The molecule has 0 spiro atoms. The van der Waals surface area contributed by atoms with E-state index in [0.29, 0.717) is 5.56 Å². The van der Waals surface area contributed by atoms with Crippen LogP contribution < -0.4 is 10.1 Å². The number of hydrogen-bond donors (Lipinski definition) is 1. The summed E-state index contributed by atoms with van der Waals surface area (Å²) in [4.78, 5) is 60.0. The predicted molar refractivity (Wildman–Crippen MR) is 141 cm³/mol. The van der Waals surface area contributed by atoms with Crippen LogP contribution in [0, 0.1) is 0 Å². The van der Waals surface area contributed by atoms with E-state index in [0.717, 1.165) is 19.4 Å². The standard InChI is InChI=1S/C29H31NO10/c1-17(31)30-26-28(38-20(4)34)27(37-19(3)33)25(16-36-18(2)32)40-29(26)39-23-13-11-22(12-14-23)24(35)15-10-21-8-6-5-7-9-21/h5-15,25-29H,16H2,1-4H3,(H,30,31)/b15-10+/t25-,26+,27+,28-,29-/m0/s1. The Kier molecular flexibility index (Phi) is 10.5. The van der Waals surface area contributed by atoms with E-state index in [1.54, 1.807) is 18.2 Å². The van der Waals surface area contributed by atoms with Crippen LogP contribution in [0.15, 0.2) is 60.7 Å². The molecule has 1 aliphatic rings. The molecule has 3 rings (SSSR count). The Hall–Kier alpha value is -4.51. The molecule has 0 bridgehead atoms. The number of carbonyl (C=O) groups is 5. The summed E-state index contributed by atoms with van der Waals surface area (Å²) in [7, 11) is 0. The topological polar surface area (TPSA) is 144 Å². The third-order valence-corrected chi connectivity index (χ3v) is 5.69. The zero-order valence-electron chi connectivity index (χ0n) is 22.5. The van der Waals surface area contributed by atoms with Crippen LogP contribution in [0.1, 0.15) is 43.6 Å². The maximum atomic E-state index is 12.6. The Labute approximate surface area is 231 Å². The molecule has 1 aliphatic heterocycles. The van der Waals surface area contributed by atoms with Crippen LogP contribution in [-0.4, -0.2) is 66.8 Å². The fraction of sp³-hybridized carbons (Fsp3) is 0.345. The predicted octanol–water partition coefficient (Wildman–Crippen LogP) is 2.62. The molecular weight excluding hydrogens is 522 g/mol. The first-order valence-corrected chi connectivity index (χ1v) is 12.5. The molecule has 5 atom stereocenters. The van der Waals surface area contributed by atoms with Crippen molar-refractivity contribution in [3.05, 3.63) is 71.8 Å². The van der Waals surface area contributed by atoms with Gasteiger partial charge < -0.3 is 29.0 Å². The summed E-state index contributed by atoms with van der Waals surface area (Å²) in [5.74, 6) is -2.48. The summed E-state index contributed by atoms with van der Waals surface area (Å²) >= 11 is 0. The molecule has 0 unspecified atom stereocenters. The lowest BCUT2D eigenvalue weighted by atomic mass is 9.96. The van der Waals surface area contributed by atoms with Gasteiger partial charge in [-0.2, -0.15) is 0 Å². The van der Waals surface area contributed by atoms with Crippen molar-refractivity contribution in [1.82, 2.24) is 5.32 Å². The number of amides is 1. The quantitative estimate of drug-likeness (QED) is 0.202. The van der Waals surface area contributed by atoms with E-state index >= 15 is 0 Å². The number of carbonyl (C=O) groups excluding carboxylic acids is 5. The fourth-order valence-corrected chi connectivity index (χ4v) is 4.06. The van der Waals surface area contributed by atoms with E-state index in [9.17, 15) is 24.0 Å². The second-order valence-corrected chi connectivity index (χ2v) is 8.97. The van der Waals surface area contributed by atoms with Crippen LogP contribution in [0.25, 0.3) is 6.08 Å². The highest BCUT2D eigenvalue weighted by molar-refractivity contribution is 6.06. The molecule has 2 aromatic carbocycles. The molecular formula is C29H31NO10. The van der Waals surface area contributed by atoms with Crippen LogP contribution in [-0.2, 0) is 38.1 Å². The van der Waals surface area contributed by atoms with Gasteiger partial charge in [0.25, 0.3) is 0 Å². The number of rotatable bonds is 10. The SMILES string of the molecule is CC(=O)N[C@H]1[C@@H](Oc2ccc(C(=O)/C=C/c3ccccc3)cc2)O[C@@H](COC(C)=O)[C@@H](OC(C)=O)[C@H]1OC(C)=O. The van der Waals surface area contributed by atoms with Crippen LogP contribution in [0.2, 0.25) is 0 Å². The molecule has 40 heavy (non-hydrogen) atoms. The van der Waals surface area contributed by atoms with Crippen LogP contribution >= 0.6 is 0 Å². The minimum Gasteiger partial charge on any atom is -0.463 e. The first-order valence-electron chi connectivity index (χ1n) is 12.5. The van der Waals surface area contributed by atoms with Crippen LogP contribution in [0.3, 0.4) is 0 Å². The van der Waals surface area contributed by atoms with Crippen molar-refractivity contribution in [1.29, 1.82) is 0 Å². The minimum absolute atomic E-state index is 0.221. The summed E-state index contributed by atoms with van der Waals surface area (Å²) in [6, 6.07) is 14.5. The van der Waals surface area contributed by atoms with Gasteiger partial charge in [-0.1, -0.05) is 36.4 Å². The number of esters is 3. The van der Waals surface area contributed by atoms with Gasteiger partial charge in [0.2, 0.25) is 12.2 Å². The van der Waals surface area contributed by atoms with E-state index in [-0.39, 0.29) is 18.1 Å². The number of ketones is 1. The number of benzene rings is 2. The van der Waals surface area contributed by atoms with Crippen LogP contribution in [0.5, 0.6) is 5.75 Å². The Morgan fingerprint density at radius 3 is 2.02 bits per heavy atom. The summed E-state index contributed by atoms with van der Waals surface area (Å²) in [5, 5.41) is 2.63. The lowest BCUT2D eigenvalue weighted by Crippen LogP contribution is -2.67. The van der Waals surface area contributed by atoms with Crippen molar-refractivity contribution in [2.45, 2.75) is 58.3 Å². The van der Waals surface area contributed by atoms with Crippen molar-refractivity contribution in [2.24, 2.45) is 0 Å². The molecule has 0 radical (unpaired) electrons. The third kappa shape index (κ3) is 8.77. The molecule has 0 aliphatic carbocycles. The third-order valence-electron chi connectivity index (χ3n) is 5.69. The summed E-state index contributed by atoms with van der Waals surface area (Å²) in [6.45, 7) is 4.40. The van der Waals surface area contributed by atoms with Crippen molar-refractivity contribution in [2.75, 3.05) is 6.61 Å². The zero-order valence-corrected chi connectivity index (χ0v) is 22.5. The monoisotopic (exact) mass is 553 g/mol. The van der Waals surface area contributed by atoms with Crippen molar-refractivity contribution in [3.63, 3.8) is 0 Å². The largest absolute Gasteiger partial charge is 0.463 e. The van der Waals surface area contributed by atoms with Gasteiger partial charge in [-0.15, -0.1) is 0 Å². The number of allylic oxidation sites excluding steroid dienone is 1. The molecule has 11 heteroatoms. The Bertz CT molecular complexity index is 1240. The average molecular weight is 554 g/mol. The van der Waals surface area contributed by atoms with Crippen LogP contribution in [0.4, 0.5) is 0 Å². The molecule has 1 N–H and O–H groups in total. The van der Waals surface area contributed by atoms with Crippen molar-refractivity contribution < 1.29 is 47.7 Å². The first kappa shape index (κ1) is 30.0. The summed E-state index contributed by atoms with van der Waals surface area (Å²) in [6.07, 6.45) is -1.67. The average Bonchev–Trinajstić information content (AvgIpc) is 2.89. The highest BCUT2D eigenvalue weighted by Crippen LogP contribution is 2.29. The van der Waals surface area contributed by atoms with E-state index < -0.39 is 54.5 Å². The van der Waals surface area contributed by atoms with Gasteiger partial charge in [0.1, 0.15) is 24.5 Å². The fourth-order valence-electron chi connectivity index (χ4n) is 4.06. The van der Waals surface area contributed by atoms with E-state index in [4.69, 9.17) is 23.7 Å². The van der Waals surface area contributed by atoms with Gasteiger partial charge in [-0.3, -0.25) is 24.0 Å². The maximum Gasteiger partial charge on any atom is 0.303 e. The van der Waals surface area contributed by atoms with Crippen molar-refractivity contribution in [3.8, 4) is 5.75 Å². The number of hydrogen-bond acceptors (Lipinski definition) is 10.